The van der Waals surface area contributed by atoms with E-state index < -0.39 is 12.0 Å². The van der Waals surface area contributed by atoms with E-state index in [2.05, 4.69) is 24.5 Å². The van der Waals surface area contributed by atoms with Crippen LogP contribution in [0, 0.1) is 5.92 Å². The zero-order valence-corrected chi connectivity index (χ0v) is 17.9. The van der Waals surface area contributed by atoms with Crippen molar-refractivity contribution in [1.82, 2.24) is 0 Å². The third kappa shape index (κ3) is 4.89. The molecule has 2 aromatic rings. The molecule has 0 fully saturated rings. The summed E-state index contributed by atoms with van der Waals surface area (Å²) in [6, 6.07) is 6.57. The van der Waals surface area contributed by atoms with Crippen LogP contribution in [0.1, 0.15) is 41.6 Å². The van der Waals surface area contributed by atoms with Gasteiger partial charge in [0, 0.05) is 17.0 Å². The van der Waals surface area contributed by atoms with Crippen LogP contribution in [0.2, 0.25) is 0 Å². The van der Waals surface area contributed by atoms with Crippen molar-refractivity contribution in [2.45, 2.75) is 39.9 Å². The van der Waals surface area contributed by atoms with Crippen LogP contribution < -0.4 is 15.4 Å². The lowest BCUT2D eigenvalue weighted by atomic mass is 9.94. The number of rotatable bonds is 6. The van der Waals surface area contributed by atoms with Crippen LogP contribution >= 0.6 is 11.3 Å². The normalized spacial score (nSPS) is 15.6. The van der Waals surface area contributed by atoms with Crippen molar-refractivity contribution in [2.24, 2.45) is 5.92 Å². The number of anilines is 2. The maximum Gasteiger partial charge on any atom is 0.341 e. The maximum atomic E-state index is 12.6. The summed E-state index contributed by atoms with van der Waals surface area (Å²) in [6.45, 7) is 6.64. The quantitative estimate of drug-likeness (QED) is 0.666. The van der Waals surface area contributed by atoms with Gasteiger partial charge in [0.25, 0.3) is 0 Å². The molecule has 1 aliphatic heterocycles. The molecule has 0 spiro atoms. The summed E-state index contributed by atoms with van der Waals surface area (Å²) < 4.78 is 16.3. The molecule has 0 radical (unpaired) electrons. The molecule has 0 aliphatic carbocycles. The van der Waals surface area contributed by atoms with Gasteiger partial charge in [-0.3, -0.25) is 5.32 Å². The van der Waals surface area contributed by atoms with Crippen LogP contribution in [-0.2, 0) is 22.5 Å². The van der Waals surface area contributed by atoms with Gasteiger partial charge in [0.05, 0.1) is 32.0 Å². The van der Waals surface area contributed by atoms with E-state index in [1.807, 2.05) is 0 Å². The molecule has 2 amide bonds. The van der Waals surface area contributed by atoms with Crippen LogP contribution in [-0.4, -0.2) is 31.8 Å². The Kier molecular flexibility index (Phi) is 6.76. The third-order valence-electron chi connectivity index (χ3n) is 4.72. The van der Waals surface area contributed by atoms with Gasteiger partial charge in [-0.25, -0.2) is 9.59 Å². The van der Waals surface area contributed by atoms with E-state index in [9.17, 15) is 9.59 Å². The lowest BCUT2D eigenvalue weighted by molar-refractivity contribution is 0.00124. The van der Waals surface area contributed by atoms with Crippen molar-refractivity contribution >= 4 is 34.0 Å². The van der Waals surface area contributed by atoms with E-state index in [1.54, 1.807) is 38.3 Å². The van der Waals surface area contributed by atoms with Crippen molar-refractivity contribution in [1.29, 1.82) is 0 Å². The summed E-state index contributed by atoms with van der Waals surface area (Å²) in [4.78, 5) is 26.1. The highest BCUT2D eigenvalue weighted by atomic mass is 32.1. The summed E-state index contributed by atoms with van der Waals surface area (Å²) in [6.07, 6.45) is 0.658. The largest absolute Gasteiger partial charge is 0.497 e. The molecule has 1 aliphatic rings. The van der Waals surface area contributed by atoms with Crippen molar-refractivity contribution < 1.29 is 23.8 Å². The fourth-order valence-electron chi connectivity index (χ4n) is 3.16. The Bertz CT molecular complexity index is 876. The number of carbonyl (C=O) groups is 2. The Labute approximate surface area is 174 Å². The van der Waals surface area contributed by atoms with Crippen LogP contribution in [0.3, 0.4) is 0 Å². The Morgan fingerprint density at radius 2 is 1.97 bits per heavy atom. The predicted octanol–water partition coefficient (Wildman–Crippen LogP) is 4.67. The molecular formula is C21H26N2O5S. The molecule has 2 N–H and O–H groups in total. The summed E-state index contributed by atoms with van der Waals surface area (Å²) in [5.74, 6) is 0.605. The SMILES string of the molecule is CCOC(=O)c1c(NC(=O)Nc2ccc(OC)cc2)sc2c1CC(C(C)C)OC2. The Balaban J connectivity index is 1.82. The highest BCUT2D eigenvalue weighted by molar-refractivity contribution is 7.17. The van der Waals surface area contributed by atoms with E-state index in [1.165, 1.54) is 11.3 Å². The van der Waals surface area contributed by atoms with E-state index >= 15 is 0 Å². The molecule has 156 valence electrons. The first-order valence-electron chi connectivity index (χ1n) is 9.58. The second kappa shape index (κ2) is 9.28. The molecule has 1 atom stereocenters. The van der Waals surface area contributed by atoms with E-state index in [4.69, 9.17) is 14.2 Å². The number of hydrogen-bond donors (Lipinski definition) is 2. The number of urea groups is 1. The second-order valence-corrected chi connectivity index (χ2v) is 8.14. The Morgan fingerprint density at radius 3 is 2.59 bits per heavy atom. The van der Waals surface area contributed by atoms with Crippen molar-refractivity contribution in [3.63, 3.8) is 0 Å². The number of ether oxygens (including phenoxy) is 3. The predicted molar refractivity (Wildman–Crippen MR) is 113 cm³/mol. The minimum atomic E-state index is -0.430. The number of methoxy groups -OCH3 is 1. The zero-order chi connectivity index (χ0) is 21.0. The number of nitrogens with one attached hydrogen (secondary N) is 2. The van der Waals surface area contributed by atoms with Crippen molar-refractivity contribution in [3.8, 4) is 5.75 Å². The molecule has 0 saturated heterocycles. The fourth-order valence-corrected chi connectivity index (χ4v) is 4.30. The molecule has 1 unspecified atom stereocenters. The number of thiophene rings is 1. The van der Waals surface area contributed by atoms with Gasteiger partial charge in [0.1, 0.15) is 10.8 Å². The first kappa shape index (κ1) is 21.1. The Hall–Kier alpha value is -2.58. The summed E-state index contributed by atoms with van der Waals surface area (Å²) in [7, 11) is 1.58. The highest BCUT2D eigenvalue weighted by Gasteiger charge is 2.32. The van der Waals surface area contributed by atoms with Gasteiger partial charge >= 0.3 is 12.0 Å². The van der Waals surface area contributed by atoms with Gasteiger partial charge in [-0.15, -0.1) is 11.3 Å². The third-order valence-corrected chi connectivity index (χ3v) is 5.84. The number of hydrogen-bond acceptors (Lipinski definition) is 6. The summed E-state index contributed by atoms with van der Waals surface area (Å²) in [5, 5.41) is 6.05. The molecule has 7 nitrogen and oxygen atoms in total. The first-order valence-corrected chi connectivity index (χ1v) is 10.4. The van der Waals surface area contributed by atoms with Gasteiger partial charge in [-0.1, -0.05) is 13.8 Å². The monoisotopic (exact) mass is 418 g/mol. The van der Waals surface area contributed by atoms with Crippen molar-refractivity contribution in [3.05, 3.63) is 40.3 Å². The average molecular weight is 419 g/mol. The molecule has 2 heterocycles. The van der Waals surface area contributed by atoms with Crippen LogP contribution in [0.25, 0.3) is 0 Å². The summed E-state index contributed by atoms with van der Waals surface area (Å²) in [5.41, 5.74) is 1.97. The fraction of sp³-hybridized carbons (Fsp3) is 0.429. The molecule has 0 saturated carbocycles. The number of benzene rings is 1. The lowest BCUT2D eigenvalue weighted by Crippen LogP contribution is -2.27. The van der Waals surface area contributed by atoms with Crippen LogP contribution in [0.5, 0.6) is 5.75 Å². The van der Waals surface area contributed by atoms with Gasteiger partial charge in [-0.2, -0.15) is 0 Å². The minimum absolute atomic E-state index is 0.0336. The highest BCUT2D eigenvalue weighted by Crippen LogP contribution is 2.39. The lowest BCUT2D eigenvalue weighted by Gasteiger charge is -2.26. The molecule has 29 heavy (non-hydrogen) atoms. The van der Waals surface area contributed by atoms with Gasteiger partial charge in [0.15, 0.2) is 0 Å². The molecule has 1 aromatic carbocycles. The van der Waals surface area contributed by atoms with E-state index in [0.717, 1.165) is 10.4 Å². The van der Waals surface area contributed by atoms with Crippen LogP contribution in [0.4, 0.5) is 15.5 Å². The van der Waals surface area contributed by atoms with E-state index in [0.29, 0.717) is 40.9 Å². The number of esters is 1. The van der Waals surface area contributed by atoms with Gasteiger partial charge < -0.3 is 19.5 Å². The number of amides is 2. The standard InChI is InChI=1S/C21H26N2O5S/c1-5-27-20(24)18-15-10-16(12(2)3)28-11-17(15)29-19(18)23-21(25)22-13-6-8-14(26-4)9-7-13/h6-9,12,16H,5,10-11H2,1-4H3,(H2,22,23,25). The van der Waals surface area contributed by atoms with Gasteiger partial charge in [0.2, 0.25) is 0 Å². The summed E-state index contributed by atoms with van der Waals surface area (Å²) >= 11 is 1.36. The van der Waals surface area contributed by atoms with Crippen LogP contribution in [0.15, 0.2) is 24.3 Å². The second-order valence-electron chi connectivity index (χ2n) is 7.03. The average Bonchev–Trinajstić information content (AvgIpc) is 3.05. The number of fused-ring (bicyclic) bond motifs is 1. The maximum absolute atomic E-state index is 12.6. The number of carbonyl (C=O) groups excluding carboxylic acids is 2. The molecule has 8 heteroatoms. The molecule has 0 bridgehead atoms. The van der Waals surface area contributed by atoms with Crippen molar-refractivity contribution in [2.75, 3.05) is 24.4 Å². The Morgan fingerprint density at radius 1 is 1.24 bits per heavy atom. The zero-order valence-electron chi connectivity index (χ0n) is 17.0. The topological polar surface area (TPSA) is 85.9 Å². The molecule has 3 rings (SSSR count). The molecule has 1 aromatic heterocycles. The first-order chi connectivity index (χ1) is 13.9. The van der Waals surface area contributed by atoms with Gasteiger partial charge in [-0.05, 0) is 42.7 Å². The minimum Gasteiger partial charge on any atom is -0.497 e. The van der Waals surface area contributed by atoms with E-state index in [-0.39, 0.29) is 12.7 Å². The smallest absolute Gasteiger partial charge is 0.341 e. The molecular weight excluding hydrogens is 392 g/mol.